The predicted octanol–water partition coefficient (Wildman–Crippen LogP) is 3.79. The molecule has 0 unspecified atom stereocenters. The second-order valence-corrected chi connectivity index (χ2v) is 5.60. The van der Waals surface area contributed by atoms with Gasteiger partial charge in [0.05, 0.1) is 5.69 Å². The highest BCUT2D eigenvalue weighted by atomic mass is 19.1. The summed E-state index contributed by atoms with van der Waals surface area (Å²) in [6.07, 6.45) is 1.90. The fourth-order valence-electron chi connectivity index (χ4n) is 3.09. The molecule has 1 saturated heterocycles. The van der Waals surface area contributed by atoms with E-state index in [1.165, 1.54) is 11.6 Å². The molecule has 4 heteroatoms. The van der Waals surface area contributed by atoms with E-state index < -0.39 is 5.82 Å². The standard InChI is InChI=1S/C18H17FN2O/c19-17-2-1-3-18(16(17)12-20)21-10-8-14(9-11-21)13-4-6-15(22)7-5-13/h1-7,14,22H,8-11H2. The van der Waals surface area contributed by atoms with Crippen LogP contribution in [-0.4, -0.2) is 18.2 Å². The van der Waals surface area contributed by atoms with E-state index in [9.17, 15) is 9.50 Å². The molecule has 22 heavy (non-hydrogen) atoms. The van der Waals surface area contributed by atoms with E-state index in [2.05, 4.69) is 4.90 Å². The summed E-state index contributed by atoms with van der Waals surface area (Å²) in [7, 11) is 0. The molecule has 0 amide bonds. The van der Waals surface area contributed by atoms with Crippen LogP contribution in [0.2, 0.25) is 0 Å². The first kappa shape index (κ1) is 14.4. The van der Waals surface area contributed by atoms with Gasteiger partial charge >= 0.3 is 0 Å². The Morgan fingerprint density at radius 1 is 1.09 bits per heavy atom. The molecule has 2 aromatic carbocycles. The fraction of sp³-hybridized carbons (Fsp3) is 0.278. The zero-order chi connectivity index (χ0) is 15.5. The lowest BCUT2D eigenvalue weighted by Crippen LogP contribution is -2.33. The van der Waals surface area contributed by atoms with Crippen molar-refractivity contribution in [3.63, 3.8) is 0 Å². The highest BCUT2D eigenvalue weighted by Gasteiger charge is 2.23. The smallest absolute Gasteiger partial charge is 0.143 e. The molecule has 3 nitrogen and oxygen atoms in total. The van der Waals surface area contributed by atoms with E-state index in [1.54, 1.807) is 18.2 Å². The second kappa shape index (κ2) is 6.07. The topological polar surface area (TPSA) is 47.3 Å². The number of halogens is 1. The van der Waals surface area contributed by atoms with Gasteiger partial charge in [0.25, 0.3) is 0 Å². The Balaban J connectivity index is 1.74. The van der Waals surface area contributed by atoms with Gasteiger partial charge in [-0.1, -0.05) is 18.2 Å². The third kappa shape index (κ3) is 2.75. The van der Waals surface area contributed by atoms with Crippen molar-refractivity contribution in [1.82, 2.24) is 0 Å². The number of phenols is 1. The van der Waals surface area contributed by atoms with Crippen LogP contribution in [0.3, 0.4) is 0 Å². The van der Waals surface area contributed by atoms with E-state index >= 15 is 0 Å². The van der Waals surface area contributed by atoms with E-state index in [4.69, 9.17) is 5.26 Å². The van der Waals surface area contributed by atoms with Crippen LogP contribution < -0.4 is 4.90 Å². The number of rotatable bonds is 2. The number of phenolic OH excluding ortho intramolecular Hbond substituents is 1. The van der Waals surface area contributed by atoms with Crippen molar-refractivity contribution in [2.45, 2.75) is 18.8 Å². The third-order valence-corrected chi connectivity index (χ3v) is 4.30. The van der Waals surface area contributed by atoms with Crippen molar-refractivity contribution in [2.75, 3.05) is 18.0 Å². The molecular weight excluding hydrogens is 279 g/mol. The van der Waals surface area contributed by atoms with Gasteiger partial charge in [-0.3, -0.25) is 0 Å². The molecular formula is C18H17FN2O. The lowest BCUT2D eigenvalue weighted by atomic mass is 9.89. The summed E-state index contributed by atoms with van der Waals surface area (Å²) >= 11 is 0. The maximum absolute atomic E-state index is 13.7. The molecule has 1 heterocycles. The Morgan fingerprint density at radius 3 is 2.41 bits per heavy atom. The average molecular weight is 296 g/mol. The van der Waals surface area contributed by atoms with Crippen LogP contribution in [0.25, 0.3) is 0 Å². The summed E-state index contributed by atoms with van der Waals surface area (Å²) in [6, 6.07) is 14.1. The SMILES string of the molecule is N#Cc1c(F)cccc1N1CCC(c2ccc(O)cc2)CC1. The van der Waals surface area contributed by atoms with Gasteiger partial charge in [0.2, 0.25) is 0 Å². The van der Waals surface area contributed by atoms with Crippen LogP contribution in [0, 0.1) is 17.1 Å². The van der Waals surface area contributed by atoms with Crippen molar-refractivity contribution >= 4 is 5.69 Å². The summed E-state index contributed by atoms with van der Waals surface area (Å²) in [4.78, 5) is 2.08. The zero-order valence-corrected chi connectivity index (χ0v) is 12.2. The number of aromatic hydroxyl groups is 1. The molecule has 1 fully saturated rings. The molecule has 112 valence electrons. The van der Waals surface area contributed by atoms with Gasteiger partial charge in [0.1, 0.15) is 23.2 Å². The minimum Gasteiger partial charge on any atom is -0.508 e. The molecule has 3 rings (SSSR count). The number of benzene rings is 2. The molecule has 0 atom stereocenters. The maximum atomic E-state index is 13.7. The lowest BCUT2D eigenvalue weighted by molar-refractivity contribution is 0.472. The molecule has 1 aliphatic rings. The van der Waals surface area contributed by atoms with Crippen LogP contribution in [0.5, 0.6) is 5.75 Å². The Kier molecular flexibility index (Phi) is 3.97. The van der Waals surface area contributed by atoms with Gasteiger partial charge in [-0.25, -0.2) is 4.39 Å². The molecule has 0 saturated carbocycles. The minimum atomic E-state index is -0.458. The second-order valence-electron chi connectivity index (χ2n) is 5.60. The van der Waals surface area contributed by atoms with E-state index in [-0.39, 0.29) is 11.3 Å². The summed E-state index contributed by atoms with van der Waals surface area (Å²) in [6.45, 7) is 1.59. The van der Waals surface area contributed by atoms with Gasteiger partial charge in [-0.05, 0) is 48.6 Å². The normalized spacial score (nSPS) is 15.5. The van der Waals surface area contributed by atoms with Gasteiger partial charge in [0.15, 0.2) is 0 Å². The summed E-state index contributed by atoms with van der Waals surface area (Å²) < 4.78 is 13.7. The average Bonchev–Trinajstić information content (AvgIpc) is 2.55. The minimum absolute atomic E-state index is 0.130. The van der Waals surface area contributed by atoms with Gasteiger partial charge in [-0.15, -0.1) is 0 Å². The van der Waals surface area contributed by atoms with Crippen LogP contribution in [0.4, 0.5) is 10.1 Å². The molecule has 0 aliphatic carbocycles. The van der Waals surface area contributed by atoms with E-state index in [0.29, 0.717) is 11.6 Å². The van der Waals surface area contributed by atoms with Crippen LogP contribution in [-0.2, 0) is 0 Å². The van der Waals surface area contributed by atoms with Gasteiger partial charge < -0.3 is 10.0 Å². The molecule has 0 aromatic heterocycles. The predicted molar refractivity (Wildman–Crippen MR) is 83.4 cm³/mol. The summed E-state index contributed by atoms with van der Waals surface area (Å²) in [5.74, 6) is 0.260. The Morgan fingerprint density at radius 2 is 1.77 bits per heavy atom. The fourth-order valence-corrected chi connectivity index (χ4v) is 3.09. The van der Waals surface area contributed by atoms with Gasteiger partial charge in [-0.2, -0.15) is 5.26 Å². The third-order valence-electron chi connectivity index (χ3n) is 4.30. The lowest BCUT2D eigenvalue weighted by Gasteiger charge is -2.34. The number of nitriles is 1. The van der Waals surface area contributed by atoms with E-state index in [1.807, 2.05) is 24.3 Å². The summed E-state index contributed by atoms with van der Waals surface area (Å²) in [5, 5.41) is 18.5. The molecule has 2 aromatic rings. The number of piperidine rings is 1. The van der Waals surface area contributed by atoms with Crippen molar-refractivity contribution in [1.29, 1.82) is 5.26 Å². The van der Waals surface area contributed by atoms with Crippen molar-refractivity contribution in [3.8, 4) is 11.8 Å². The van der Waals surface area contributed by atoms with Gasteiger partial charge in [0, 0.05) is 13.1 Å². The van der Waals surface area contributed by atoms with Crippen molar-refractivity contribution in [2.24, 2.45) is 0 Å². The summed E-state index contributed by atoms with van der Waals surface area (Å²) in [5.41, 5.74) is 2.04. The van der Waals surface area contributed by atoms with Crippen LogP contribution >= 0.6 is 0 Å². The first-order chi connectivity index (χ1) is 10.7. The quantitative estimate of drug-likeness (QED) is 0.917. The number of anilines is 1. The number of hydrogen-bond donors (Lipinski definition) is 1. The molecule has 1 aliphatic heterocycles. The molecule has 0 bridgehead atoms. The number of nitrogens with zero attached hydrogens (tertiary/aromatic N) is 2. The molecule has 1 N–H and O–H groups in total. The van der Waals surface area contributed by atoms with Crippen molar-refractivity contribution in [3.05, 3.63) is 59.4 Å². The van der Waals surface area contributed by atoms with Crippen LogP contribution in [0.1, 0.15) is 29.9 Å². The Labute approximate surface area is 129 Å². The van der Waals surface area contributed by atoms with Crippen LogP contribution in [0.15, 0.2) is 42.5 Å². The maximum Gasteiger partial charge on any atom is 0.143 e. The molecule has 0 spiro atoms. The zero-order valence-electron chi connectivity index (χ0n) is 12.2. The highest BCUT2D eigenvalue weighted by molar-refractivity contribution is 5.60. The largest absolute Gasteiger partial charge is 0.508 e. The number of hydrogen-bond acceptors (Lipinski definition) is 3. The van der Waals surface area contributed by atoms with Crippen molar-refractivity contribution < 1.29 is 9.50 Å². The Bertz CT molecular complexity index is 698. The first-order valence-corrected chi connectivity index (χ1v) is 7.41. The first-order valence-electron chi connectivity index (χ1n) is 7.41. The highest BCUT2D eigenvalue weighted by Crippen LogP contribution is 2.32. The van der Waals surface area contributed by atoms with E-state index in [0.717, 1.165) is 25.9 Å². The monoisotopic (exact) mass is 296 g/mol. The Hall–Kier alpha value is -2.54. The molecule has 0 radical (unpaired) electrons.